The molecule has 1 atom stereocenters. The summed E-state index contributed by atoms with van der Waals surface area (Å²) in [5.74, 6) is -1.92. The summed E-state index contributed by atoms with van der Waals surface area (Å²) in [7, 11) is 0. The van der Waals surface area contributed by atoms with Gasteiger partial charge in [-0.05, 0) is 56.2 Å². The predicted molar refractivity (Wildman–Crippen MR) is 114 cm³/mol. The van der Waals surface area contributed by atoms with E-state index in [1.54, 1.807) is 0 Å². The van der Waals surface area contributed by atoms with Gasteiger partial charge in [0.05, 0.1) is 5.56 Å². The Morgan fingerprint density at radius 2 is 1.40 bits per heavy atom. The van der Waals surface area contributed by atoms with E-state index in [0.717, 1.165) is 11.1 Å². The van der Waals surface area contributed by atoms with E-state index in [-0.39, 0.29) is 17.4 Å². The Bertz CT molecular complexity index is 966. The number of hydrogen-bond donors (Lipinski definition) is 3. The highest BCUT2D eigenvalue weighted by Gasteiger charge is 2.21. The number of carbonyl (C=O) groups is 4. The molecule has 0 aliphatic heterocycles. The fourth-order valence-corrected chi connectivity index (χ4v) is 2.68. The van der Waals surface area contributed by atoms with E-state index in [2.05, 4.69) is 16.0 Å². The summed E-state index contributed by atoms with van der Waals surface area (Å²) in [6, 6.07) is 9.98. The molecule has 2 rings (SSSR count). The molecule has 0 spiro atoms. The molecule has 0 radical (unpaired) electrons. The Hall–Kier alpha value is -3.68. The number of amides is 3. The largest absolute Gasteiger partial charge is 0.449 e. The van der Waals surface area contributed by atoms with Crippen LogP contribution in [0.2, 0.25) is 0 Å². The lowest BCUT2D eigenvalue weighted by molar-refractivity contribution is -0.123. The monoisotopic (exact) mass is 411 g/mol. The molecule has 0 saturated heterocycles. The van der Waals surface area contributed by atoms with Crippen LogP contribution in [0.5, 0.6) is 0 Å². The van der Waals surface area contributed by atoms with Crippen molar-refractivity contribution in [1.82, 2.24) is 0 Å². The zero-order valence-corrected chi connectivity index (χ0v) is 17.6. The molecule has 0 heterocycles. The average Bonchev–Trinajstić information content (AvgIpc) is 2.63. The molecule has 2 aromatic carbocycles. The van der Waals surface area contributed by atoms with Crippen molar-refractivity contribution in [1.29, 1.82) is 0 Å². The second-order valence-electron chi connectivity index (χ2n) is 7.02. The molecule has 0 unspecified atom stereocenters. The molecule has 8 heteroatoms. The number of aryl methyl sites for hydroxylation is 2. The van der Waals surface area contributed by atoms with Crippen LogP contribution in [0.15, 0.2) is 36.4 Å². The lowest BCUT2D eigenvalue weighted by Crippen LogP contribution is -2.30. The summed E-state index contributed by atoms with van der Waals surface area (Å²) in [6.07, 6.45) is -1.06. The lowest BCUT2D eigenvalue weighted by Gasteiger charge is -2.16. The highest BCUT2D eigenvalue weighted by Crippen LogP contribution is 2.21. The molecule has 30 heavy (non-hydrogen) atoms. The molecule has 3 amide bonds. The van der Waals surface area contributed by atoms with Crippen molar-refractivity contribution in [3.8, 4) is 0 Å². The molecule has 0 fully saturated rings. The smallest absolute Gasteiger partial charge is 0.339 e. The van der Waals surface area contributed by atoms with Gasteiger partial charge in [0.2, 0.25) is 11.8 Å². The number of rotatable bonds is 6. The van der Waals surface area contributed by atoms with Crippen LogP contribution in [-0.4, -0.2) is 29.8 Å². The van der Waals surface area contributed by atoms with Gasteiger partial charge in [0.15, 0.2) is 6.10 Å². The number of hydrogen-bond acceptors (Lipinski definition) is 5. The molecule has 2 aromatic rings. The molecule has 0 aromatic heterocycles. The van der Waals surface area contributed by atoms with Gasteiger partial charge in [-0.25, -0.2) is 4.79 Å². The van der Waals surface area contributed by atoms with Crippen LogP contribution in [0.4, 0.5) is 17.1 Å². The van der Waals surface area contributed by atoms with Gasteiger partial charge >= 0.3 is 5.97 Å². The fraction of sp³-hybridized carbons (Fsp3) is 0.273. The van der Waals surface area contributed by atoms with Gasteiger partial charge in [-0.3, -0.25) is 14.4 Å². The number of ether oxygens (including phenoxy) is 1. The number of benzene rings is 2. The molecular weight excluding hydrogens is 386 g/mol. The van der Waals surface area contributed by atoms with Crippen molar-refractivity contribution < 1.29 is 23.9 Å². The SMILES string of the molecule is CC(=O)Nc1cc(NC(C)=O)cc(C(=O)O[C@H](C)C(=O)Nc2cc(C)ccc2C)c1. The Labute approximate surface area is 175 Å². The van der Waals surface area contributed by atoms with E-state index >= 15 is 0 Å². The normalized spacial score (nSPS) is 11.2. The summed E-state index contributed by atoms with van der Waals surface area (Å²) in [6.45, 7) is 7.88. The molecule has 0 bridgehead atoms. The van der Waals surface area contributed by atoms with Crippen LogP contribution in [0.25, 0.3) is 0 Å². The van der Waals surface area contributed by atoms with Gasteiger partial charge in [0.1, 0.15) is 0 Å². The molecule has 0 aliphatic carbocycles. The van der Waals surface area contributed by atoms with Crippen LogP contribution < -0.4 is 16.0 Å². The van der Waals surface area contributed by atoms with E-state index in [9.17, 15) is 19.2 Å². The van der Waals surface area contributed by atoms with Crippen molar-refractivity contribution >= 4 is 40.8 Å². The van der Waals surface area contributed by atoms with Crippen LogP contribution in [0, 0.1) is 13.8 Å². The average molecular weight is 411 g/mol. The summed E-state index contributed by atoms with van der Waals surface area (Å²) in [5, 5.41) is 7.87. The van der Waals surface area contributed by atoms with Gasteiger partial charge in [-0.15, -0.1) is 0 Å². The van der Waals surface area contributed by atoms with E-state index in [1.807, 2.05) is 32.0 Å². The molecule has 0 aliphatic rings. The summed E-state index contributed by atoms with van der Waals surface area (Å²) in [4.78, 5) is 47.8. The van der Waals surface area contributed by atoms with E-state index in [0.29, 0.717) is 17.1 Å². The quantitative estimate of drug-likeness (QED) is 0.631. The number of esters is 1. The first-order chi connectivity index (χ1) is 14.0. The molecule has 158 valence electrons. The molecule has 0 saturated carbocycles. The Morgan fingerprint density at radius 3 is 1.93 bits per heavy atom. The Morgan fingerprint density at radius 1 is 0.833 bits per heavy atom. The van der Waals surface area contributed by atoms with Gasteiger partial charge in [-0.2, -0.15) is 0 Å². The van der Waals surface area contributed by atoms with Crippen LogP contribution >= 0.6 is 0 Å². The Kier molecular flexibility index (Phi) is 7.30. The molecule has 3 N–H and O–H groups in total. The number of nitrogens with one attached hydrogen (secondary N) is 3. The van der Waals surface area contributed by atoms with Gasteiger partial charge in [-0.1, -0.05) is 12.1 Å². The van der Waals surface area contributed by atoms with Crippen molar-refractivity contribution in [2.45, 2.75) is 40.7 Å². The third-order valence-corrected chi connectivity index (χ3v) is 4.11. The lowest BCUT2D eigenvalue weighted by atomic mass is 10.1. The topological polar surface area (TPSA) is 114 Å². The summed E-state index contributed by atoms with van der Waals surface area (Å²) in [5.41, 5.74) is 3.22. The zero-order valence-electron chi connectivity index (χ0n) is 17.6. The van der Waals surface area contributed by atoms with E-state index < -0.39 is 18.0 Å². The highest BCUT2D eigenvalue weighted by molar-refractivity contribution is 6.00. The van der Waals surface area contributed by atoms with Gasteiger partial charge in [0, 0.05) is 30.9 Å². The highest BCUT2D eigenvalue weighted by atomic mass is 16.5. The van der Waals surface area contributed by atoms with Crippen LogP contribution in [0.1, 0.15) is 42.3 Å². The van der Waals surface area contributed by atoms with Crippen LogP contribution in [0.3, 0.4) is 0 Å². The summed E-state index contributed by atoms with van der Waals surface area (Å²) < 4.78 is 5.28. The number of anilines is 3. The minimum Gasteiger partial charge on any atom is -0.449 e. The molecule has 8 nitrogen and oxygen atoms in total. The standard InChI is InChI=1S/C22H25N3O5/c1-12-6-7-13(2)20(8-12)25-21(28)14(3)30-22(29)17-9-18(23-15(4)26)11-19(10-17)24-16(5)27/h6-11,14H,1-5H3,(H,23,26)(H,24,27)(H,25,28)/t14-/m1/s1. The Balaban J connectivity index is 2.16. The maximum Gasteiger partial charge on any atom is 0.339 e. The molecular formula is C22H25N3O5. The first-order valence-corrected chi connectivity index (χ1v) is 9.34. The van der Waals surface area contributed by atoms with E-state index in [4.69, 9.17) is 4.74 Å². The summed E-state index contributed by atoms with van der Waals surface area (Å²) >= 11 is 0. The second kappa shape index (κ2) is 9.69. The van der Waals surface area contributed by atoms with Crippen molar-refractivity contribution in [2.75, 3.05) is 16.0 Å². The maximum atomic E-state index is 12.6. The van der Waals surface area contributed by atoms with Crippen LogP contribution in [-0.2, 0) is 19.1 Å². The van der Waals surface area contributed by atoms with Gasteiger partial charge < -0.3 is 20.7 Å². The van der Waals surface area contributed by atoms with Crippen molar-refractivity contribution in [3.63, 3.8) is 0 Å². The third-order valence-electron chi connectivity index (χ3n) is 4.11. The first-order valence-electron chi connectivity index (χ1n) is 9.34. The maximum absolute atomic E-state index is 12.6. The third kappa shape index (κ3) is 6.44. The second-order valence-corrected chi connectivity index (χ2v) is 7.02. The van der Waals surface area contributed by atoms with E-state index in [1.165, 1.54) is 39.0 Å². The van der Waals surface area contributed by atoms with Crippen molar-refractivity contribution in [2.24, 2.45) is 0 Å². The fourth-order valence-electron chi connectivity index (χ4n) is 2.68. The zero-order chi connectivity index (χ0) is 22.4. The van der Waals surface area contributed by atoms with Gasteiger partial charge in [0.25, 0.3) is 5.91 Å². The number of carbonyl (C=O) groups excluding carboxylic acids is 4. The van der Waals surface area contributed by atoms with Crippen molar-refractivity contribution in [3.05, 3.63) is 53.1 Å². The predicted octanol–water partition coefficient (Wildman–Crippen LogP) is 3.40. The first kappa shape index (κ1) is 22.6. The minimum atomic E-state index is -1.06. The minimum absolute atomic E-state index is 0.0800.